The van der Waals surface area contributed by atoms with Crippen LogP contribution >= 0.6 is 0 Å². The Hall–Kier alpha value is -3.15. The minimum Gasteiger partial charge on any atom is -0.494 e. The van der Waals surface area contributed by atoms with Gasteiger partial charge in [-0.2, -0.15) is 0 Å². The van der Waals surface area contributed by atoms with Gasteiger partial charge in [-0.25, -0.2) is 0 Å². The van der Waals surface area contributed by atoms with Gasteiger partial charge in [0.15, 0.2) is 17.3 Å². The van der Waals surface area contributed by atoms with Gasteiger partial charge in [0, 0.05) is 5.56 Å². The molecule has 0 spiro atoms. The molecule has 36 heavy (non-hydrogen) atoms. The second-order valence-electron chi connectivity index (χ2n) is 8.41. The van der Waals surface area contributed by atoms with Crippen LogP contribution in [0.5, 0.6) is 28.7 Å². The Kier molecular flexibility index (Phi) is 13.3. The molecule has 0 amide bonds. The predicted octanol–water partition coefficient (Wildman–Crippen LogP) is 7.53. The van der Waals surface area contributed by atoms with Crippen LogP contribution in [0, 0.1) is 0 Å². The van der Waals surface area contributed by atoms with Gasteiger partial charge < -0.3 is 23.7 Å². The molecule has 0 aliphatic carbocycles. The van der Waals surface area contributed by atoms with Gasteiger partial charge in [-0.05, 0) is 74.6 Å². The summed E-state index contributed by atoms with van der Waals surface area (Å²) in [4.78, 5) is 13.6. The molecule has 0 aliphatic heterocycles. The van der Waals surface area contributed by atoms with Gasteiger partial charge in [0.05, 0.1) is 33.0 Å². The molecule has 2 aromatic rings. The standard InChI is InChI=1S/C30H42O6/c1-6-17-32-24-12-14-26(33-18-7-2)23(22-24)11-13-25(31)29-27(34-19-8-3)15-16-28(35-20-9-4)30(29)36-21-10-5/h11-16,22H,6-10,17-21H2,1-5H3/b13-11+. The van der Waals surface area contributed by atoms with E-state index >= 15 is 0 Å². The largest absolute Gasteiger partial charge is 0.494 e. The van der Waals surface area contributed by atoms with E-state index in [1.165, 1.54) is 6.08 Å². The average Bonchev–Trinajstić information content (AvgIpc) is 2.90. The van der Waals surface area contributed by atoms with Gasteiger partial charge in [-0.15, -0.1) is 0 Å². The minimum atomic E-state index is -0.226. The first-order chi connectivity index (χ1) is 17.6. The Morgan fingerprint density at radius 3 is 1.78 bits per heavy atom. The van der Waals surface area contributed by atoms with Crippen LogP contribution in [0.15, 0.2) is 36.4 Å². The van der Waals surface area contributed by atoms with Crippen LogP contribution in [0.1, 0.15) is 82.6 Å². The molecule has 6 nitrogen and oxygen atoms in total. The van der Waals surface area contributed by atoms with Crippen LogP contribution in [-0.2, 0) is 0 Å². The van der Waals surface area contributed by atoms with E-state index in [1.807, 2.05) is 45.0 Å². The van der Waals surface area contributed by atoms with Crippen molar-refractivity contribution in [3.05, 3.63) is 47.5 Å². The van der Waals surface area contributed by atoms with E-state index in [2.05, 4.69) is 13.8 Å². The highest BCUT2D eigenvalue weighted by Gasteiger charge is 2.22. The van der Waals surface area contributed by atoms with Crippen molar-refractivity contribution in [1.82, 2.24) is 0 Å². The summed E-state index contributed by atoms with van der Waals surface area (Å²) < 4.78 is 29.6. The molecule has 0 atom stereocenters. The van der Waals surface area contributed by atoms with Gasteiger partial charge in [-0.1, -0.05) is 34.6 Å². The third kappa shape index (κ3) is 8.81. The molecule has 6 heteroatoms. The fourth-order valence-electron chi connectivity index (χ4n) is 3.34. The number of hydrogen-bond donors (Lipinski definition) is 0. The third-order valence-electron chi connectivity index (χ3n) is 5.03. The van der Waals surface area contributed by atoms with Gasteiger partial charge in [0.1, 0.15) is 22.8 Å². The van der Waals surface area contributed by atoms with Crippen LogP contribution in [0.3, 0.4) is 0 Å². The molecule has 0 bridgehead atoms. The van der Waals surface area contributed by atoms with Gasteiger partial charge in [-0.3, -0.25) is 4.79 Å². The summed E-state index contributed by atoms with van der Waals surface area (Å²) in [7, 11) is 0. The molecule has 0 radical (unpaired) electrons. The first-order valence-electron chi connectivity index (χ1n) is 13.3. The number of carbonyl (C=O) groups excluding carboxylic acids is 1. The number of ether oxygens (including phenoxy) is 5. The van der Waals surface area contributed by atoms with E-state index < -0.39 is 0 Å². The lowest BCUT2D eigenvalue weighted by Crippen LogP contribution is -2.10. The summed E-state index contributed by atoms with van der Waals surface area (Å²) in [6.45, 7) is 12.9. The predicted molar refractivity (Wildman–Crippen MR) is 145 cm³/mol. The minimum absolute atomic E-state index is 0.226. The average molecular weight is 499 g/mol. The Morgan fingerprint density at radius 2 is 1.14 bits per heavy atom. The smallest absolute Gasteiger partial charge is 0.193 e. The summed E-state index contributed by atoms with van der Waals surface area (Å²) in [6, 6.07) is 9.28. The van der Waals surface area contributed by atoms with Crippen molar-refractivity contribution in [3.63, 3.8) is 0 Å². The molecule has 0 N–H and O–H groups in total. The van der Waals surface area contributed by atoms with Crippen molar-refractivity contribution in [2.45, 2.75) is 66.7 Å². The zero-order valence-electron chi connectivity index (χ0n) is 22.6. The zero-order valence-corrected chi connectivity index (χ0v) is 22.6. The first kappa shape index (κ1) is 29.1. The molecule has 0 fully saturated rings. The van der Waals surface area contributed by atoms with Crippen LogP contribution in [0.2, 0.25) is 0 Å². The molecule has 198 valence electrons. The molecule has 0 heterocycles. The van der Waals surface area contributed by atoms with Crippen molar-refractivity contribution >= 4 is 11.9 Å². The zero-order chi connectivity index (χ0) is 26.2. The van der Waals surface area contributed by atoms with E-state index in [1.54, 1.807) is 12.1 Å². The van der Waals surface area contributed by atoms with Crippen molar-refractivity contribution in [3.8, 4) is 28.7 Å². The Morgan fingerprint density at radius 1 is 0.639 bits per heavy atom. The van der Waals surface area contributed by atoms with E-state index in [0.717, 1.165) is 43.4 Å². The summed E-state index contributed by atoms with van der Waals surface area (Å²) in [6.07, 6.45) is 7.58. The molecule has 0 saturated heterocycles. The number of benzene rings is 2. The summed E-state index contributed by atoms with van der Waals surface area (Å²) >= 11 is 0. The van der Waals surface area contributed by atoms with Crippen molar-refractivity contribution in [2.75, 3.05) is 33.0 Å². The summed E-state index contributed by atoms with van der Waals surface area (Å²) in [5, 5.41) is 0. The van der Waals surface area contributed by atoms with Crippen LogP contribution in [0.4, 0.5) is 0 Å². The van der Waals surface area contributed by atoms with Crippen molar-refractivity contribution in [2.24, 2.45) is 0 Å². The molecular weight excluding hydrogens is 456 g/mol. The fraction of sp³-hybridized carbons (Fsp3) is 0.500. The maximum atomic E-state index is 13.6. The van der Waals surface area contributed by atoms with Gasteiger partial charge in [0.25, 0.3) is 0 Å². The van der Waals surface area contributed by atoms with Crippen molar-refractivity contribution in [1.29, 1.82) is 0 Å². The first-order valence-corrected chi connectivity index (χ1v) is 13.3. The quantitative estimate of drug-likeness (QED) is 0.156. The van der Waals surface area contributed by atoms with Gasteiger partial charge >= 0.3 is 0 Å². The van der Waals surface area contributed by atoms with E-state index in [9.17, 15) is 4.79 Å². The van der Waals surface area contributed by atoms with E-state index in [4.69, 9.17) is 23.7 Å². The monoisotopic (exact) mass is 498 g/mol. The van der Waals surface area contributed by atoms with Crippen LogP contribution < -0.4 is 23.7 Å². The van der Waals surface area contributed by atoms with E-state index in [-0.39, 0.29) is 5.78 Å². The molecule has 2 rings (SSSR count). The number of rotatable bonds is 18. The van der Waals surface area contributed by atoms with Gasteiger partial charge in [0.2, 0.25) is 0 Å². The lowest BCUT2D eigenvalue weighted by atomic mass is 10.0. The number of hydrogen-bond acceptors (Lipinski definition) is 6. The Labute approximate surface area is 216 Å². The third-order valence-corrected chi connectivity index (χ3v) is 5.03. The van der Waals surface area contributed by atoms with Crippen LogP contribution in [-0.4, -0.2) is 38.8 Å². The number of allylic oxidation sites excluding steroid dienone is 1. The normalized spacial score (nSPS) is 10.9. The molecule has 0 aromatic heterocycles. The van der Waals surface area contributed by atoms with Crippen molar-refractivity contribution < 1.29 is 28.5 Å². The summed E-state index contributed by atoms with van der Waals surface area (Å²) in [5.74, 6) is 2.68. The maximum absolute atomic E-state index is 13.6. The fourth-order valence-corrected chi connectivity index (χ4v) is 3.34. The molecule has 0 unspecified atom stereocenters. The highest BCUT2D eigenvalue weighted by atomic mass is 16.5. The topological polar surface area (TPSA) is 63.2 Å². The molecule has 2 aromatic carbocycles. The maximum Gasteiger partial charge on any atom is 0.193 e. The second-order valence-corrected chi connectivity index (χ2v) is 8.41. The highest BCUT2D eigenvalue weighted by Crippen LogP contribution is 2.39. The highest BCUT2D eigenvalue weighted by molar-refractivity contribution is 6.11. The molecule has 0 saturated carbocycles. The van der Waals surface area contributed by atoms with E-state index in [0.29, 0.717) is 61.6 Å². The summed E-state index contributed by atoms with van der Waals surface area (Å²) in [5.41, 5.74) is 1.15. The molecule has 0 aliphatic rings. The SMILES string of the molecule is CCCOc1ccc(OCCC)c(/C=C/C(=O)c2c(OCCC)ccc(OCCC)c2OCCC)c1. The number of carbonyl (C=O) groups is 1. The number of ketones is 1. The Balaban J connectivity index is 2.49. The lowest BCUT2D eigenvalue weighted by molar-refractivity contribution is 0.103. The second kappa shape index (κ2) is 16.5. The van der Waals surface area contributed by atoms with Crippen LogP contribution in [0.25, 0.3) is 6.08 Å². The lowest BCUT2D eigenvalue weighted by Gasteiger charge is -2.18. The molecular formula is C30H42O6. The Bertz CT molecular complexity index is 966.